The zero-order chi connectivity index (χ0) is 11.6. The van der Waals surface area contributed by atoms with Gasteiger partial charge in [0.15, 0.2) is 0 Å². The van der Waals surface area contributed by atoms with Crippen molar-refractivity contribution in [2.24, 2.45) is 5.41 Å². The second-order valence-corrected chi connectivity index (χ2v) is 4.77. The summed E-state index contributed by atoms with van der Waals surface area (Å²) >= 11 is 5.73. The van der Waals surface area contributed by atoms with Crippen molar-refractivity contribution in [2.45, 2.75) is 26.2 Å². The average molecular weight is 239 g/mol. The maximum atomic E-state index is 11.8. The molecular weight excluding hydrogens is 224 g/mol. The van der Waals surface area contributed by atoms with Gasteiger partial charge in [-0.1, -0.05) is 24.6 Å². The van der Waals surface area contributed by atoms with E-state index in [4.69, 9.17) is 11.6 Å². The molecule has 2 rings (SSSR count). The van der Waals surface area contributed by atoms with Gasteiger partial charge in [-0.2, -0.15) is 0 Å². The number of hydrogen-bond acceptors (Lipinski definition) is 2. The highest BCUT2D eigenvalue weighted by atomic mass is 35.5. The third kappa shape index (κ3) is 2.53. The number of nitrogens with one attached hydrogen (secondary N) is 1. The lowest BCUT2D eigenvalue weighted by Gasteiger charge is -2.12. The zero-order valence-electron chi connectivity index (χ0n) is 9.29. The molecule has 0 radical (unpaired) electrons. The van der Waals surface area contributed by atoms with E-state index in [9.17, 15) is 4.79 Å². The van der Waals surface area contributed by atoms with Crippen LogP contribution in [0.15, 0.2) is 18.2 Å². The first-order chi connectivity index (χ1) is 7.65. The number of hydrogen-bond donors (Lipinski definition) is 1. The van der Waals surface area contributed by atoms with Crippen molar-refractivity contribution in [1.29, 1.82) is 0 Å². The minimum Gasteiger partial charge on any atom is -0.350 e. The molecule has 1 aromatic rings. The Bertz CT molecular complexity index is 402. The van der Waals surface area contributed by atoms with Gasteiger partial charge in [-0.3, -0.25) is 4.79 Å². The lowest BCUT2D eigenvalue weighted by Crippen LogP contribution is -2.30. The molecule has 86 valence electrons. The molecule has 1 saturated carbocycles. The summed E-state index contributed by atoms with van der Waals surface area (Å²) in [4.78, 5) is 15.7. The highest BCUT2D eigenvalue weighted by Crippen LogP contribution is 2.47. The lowest BCUT2D eigenvalue weighted by molar-refractivity contribution is 0.0939. The van der Waals surface area contributed by atoms with Gasteiger partial charge in [-0.15, -0.1) is 0 Å². The molecule has 0 bridgehead atoms. The van der Waals surface area contributed by atoms with Gasteiger partial charge in [0.05, 0.1) is 0 Å². The predicted octanol–water partition coefficient (Wildman–Crippen LogP) is 2.66. The van der Waals surface area contributed by atoms with Crippen molar-refractivity contribution in [3.8, 4) is 0 Å². The first-order valence-corrected chi connectivity index (χ1v) is 5.94. The maximum Gasteiger partial charge on any atom is 0.269 e. The number of rotatable bonds is 4. The van der Waals surface area contributed by atoms with Gasteiger partial charge >= 0.3 is 0 Å². The predicted molar refractivity (Wildman–Crippen MR) is 63.5 cm³/mol. The summed E-state index contributed by atoms with van der Waals surface area (Å²) in [6, 6.07) is 5.07. The van der Waals surface area contributed by atoms with Crippen molar-refractivity contribution >= 4 is 17.5 Å². The third-order valence-corrected chi connectivity index (χ3v) is 3.49. The van der Waals surface area contributed by atoms with Crippen LogP contribution in [0.25, 0.3) is 0 Å². The Kier molecular flexibility index (Phi) is 3.15. The van der Waals surface area contributed by atoms with Crippen LogP contribution in [0.2, 0.25) is 5.15 Å². The van der Waals surface area contributed by atoms with Gasteiger partial charge in [0.1, 0.15) is 10.8 Å². The van der Waals surface area contributed by atoms with Crippen LogP contribution in [-0.4, -0.2) is 17.4 Å². The Labute approximate surface area is 100 Å². The quantitative estimate of drug-likeness (QED) is 0.820. The topological polar surface area (TPSA) is 42.0 Å². The van der Waals surface area contributed by atoms with E-state index in [1.54, 1.807) is 18.2 Å². The Hall–Kier alpha value is -1.09. The molecule has 1 amide bonds. The van der Waals surface area contributed by atoms with Crippen LogP contribution in [-0.2, 0) is 0 Å². The third-order valence-electron chi connectivity index (χ3n) is 3.28. The normalized spacial score (nSPS) is 16.9. The molecule has 0 atom stereocenters. The summed E-state index contributed by atoms with van der Waals surface area (Å²) in [5.74, 6) is -0.137. The number of amides is 1. The van der Waals surface area contributed by atoms with Crippen molar-refractivity contribution in [3.05, 3.63) is 29.0 Å². The van der Waals surface area contributed by atoms with Crippen LogP contribution in [0.3, 0.4) is 0 Å². The number of pyridine rings is 1. The lowest BCUT2D eigenvalue weighted by atomic mass is 10.0. The summed E-state index contributed by atoms with van der Waals surface area (Å²) in [5.41, 5.74) is 0.744. The van der Waals surface area contributed by atoms with E-state index in [-0.39, 0.29) is 5.91 Å². The molecule has 0 unspecified atom stereocenters. The SMILES string of the molecule is CCC1(CNC(=O)c2cccc(Cl)n2)CC1. The Morgan fingerprint density at radius 3 is 2.88 bits per heavy atom. The van der Waals surface area contributed by atoms with E-state index in [2.05, 4.69) is 17.2 Å². The number of aromatic nitrogens is 1. The number of nitrogens with zero attached hydrogens (tertiary/aromatic N) is 1. The molecule has 1 fully saturated rings. The minimum atomic E-state index is -0.137. The first-order valence-electron chi connectivity index (χ1n) is 5.56. The summed E-state index contributed by atoms with van der Waals surface area (Å²) in [6.07, 6.45) is 3.55. The van der Waals surface area contributed by atoms with Gasteiger partial charge in [-0.05, 0) is 36.8 Å². The fraction of sp³-hybridized carbons (Fsp3) is 0.500. The standard InChI is InChI=1S/C12H15ClN2O/c1-2-12(6-7-12)8-14-11(16)9-4-3-5-10(13)15-9/h3-5H,2,6-8H2,1H3,(H,14,16). The van der Waals surface area contributed by atoms with Crippen LogP contribution in [0.4, 0.5) is 0 Å². The first kappa shape index (κ1) is 11.4. The summed E-state index contributed by atoms with van der Waals surface area (Å²) in [5, 5.41) is 3.27. The van der Waals surface area contributed by atoms with E-state index in [0.717, 1.165) is 13.0 Å². The number of carbonyl (C=O) groups is 1. The molecule has 1 N–H and O–H groups in total. The van der Waals surface area contributed by atoms with Crippen molar-refractivity contribution in [3.63, 3.8) is 0 Å². The van der Waals surface area contributed by atoms with Crippen molar-refractivity contribution in [1.82, 2.24) is 10.3 Å². The maximum absolute atomic E-state index is 11.8. The molecule has 0 saturated heterocycles. The van der Waals surface area contributed by atoms with Gasteiger partial charge in [-0.25, -0.2) is 4.98 Å². The highest BCUT2D eigenvalue weighted by molar-refractivity contribution is 6.29. The van der Waals surface area contributed by atoms with E-state index in [1.807, 2.05) is 0 Å². The van der Waals surface area contributed by atoms with Gasteiger partial charge in [0, 0.05) is 6.54 Å². The summed E-state index contributed by atoms with van der Waals surface area (Å²) < 4.78 is 0. The Balaban J connectivity index is 1.93. The summed E-state index contributed by atoms with van der Waals surface area (Å²) in [6.45, 7) is 2.91. The second-order valence-electron chi connectivity index (χ2n) is 4.38. The van der Waals surface area contributed by atoms with E-state index in [0.29, 0.717) is 16.3 Å². The molecule has 1 aromatic heterocycles. The fourth-order valence-corrected chi connectivity index (χ4v) is 1.89. The molecule has 1 aliphatic carbocycles. The van der Waals surface area contributed by atoms with Crippen LogP contribution < -0.4 is 5.32 Å². The van der Waals surface area contributed by atoms with Crippen molar-refractivity contribution in [2.75, 3.05) is 6.54 Å². The van der Waals surface area contributed by atoms with Gasteiger partial charge < -0.3 is 5.32 Å². The van der Waals surface area contributed by atoms with E-state index < -0.39 is 0 Å². The second kappa shape index (κ2) is 4.42. The number of carbonyl (C=O) groups excluding carboxylic acids is 1. The Morgan fingerprint density at radius 1 is 1.56 bits per heavy atom. The molecule has 0 spiro atoms. The number of halogens is 1. The minimum absolute atomic E-state index is 0.137. The monoisotopic (exact) mass is 238 g/mol. The Morgan fingerprint density at radius 2 is 2.31 bits per heavy atom. The molecular formula is C12H15ClN2O. The smallest absolute Gasteiger partial charge is 0.269 e. The molecule has 4 heteroatoms. The molecule has 0 aromatic carbocycles. The summed E-state index contributed by atoms with van der Waals surface area (Å²) in [7, 11) is 0. The average Bonchev–Trinajstić information content (AvgIpc) is 3.07. The van der Waals surface area contributed by atoms with Crippen LogP contribution in [0.5, 0.6) is 0 Å². The zero-order valence-corrected chi connectivity index (χ0v) is 10.0. The fourth-order valence-electron chi connectivity index (χ4n) is 1.73. The van der Waals surface area contributed by atoms with Crippen molar-refractivity contribution < 1.29 is 4.79 Å². The molecule has 1 aliphatic rings. The molecule has 1 heterocycles. The molecule has 0 aliphatic heterocycles. The van der Waals surface area contributed by atoms with Crippen LogP contribution in [0, 0.1) is 5.41 Å². The van der Waals surface area contributed by atoms with E-state index >= 15 is 0 Å². The van der Waals surface area contributed by atoms with E-state index in [1.165, 1.54) is 12.8 Å². The van der Waals surface area contributed by atoms with Gasteiger partial charge in [0.25, 0.3) is 5.91 Å². The molecule has 16 heavy (non-hydrogen) atoms. The van der Waals surface area contributed by atoms with Crippen LogP contribution in [0.1, 0.15) is 36.7 Å². The molecule has 3 nitrogen and oxygen atoms in total. The van der Waals surface area contributed by atoms with Crippen LogP contribution >= 0.6 is 11.6 Å². The highest BCUT2D eigenvalue weighted by Gasteiger charge is 2.40. The largest absolute Gasteiger partial charge is 0.350 e. The van der Waals surface area contributed by atoms with Gasteiger partial charge in [0.2, 0.25) is 0 Å².